The van der Waals surface area contributed by atoms with E-state index in [-0.39, 0.29) is 36.3 Å². The number of fused-ring (bicyclic) bond motifs is 3. The fraction of sp³-hybridized carbons (Fsp3) is 0.423. The number of carboxylic acids is 1. The zero-order valence-electron chi connectivity index (χ0n) is 18.8. The quantitative estimate of drug-likeness (QED) is 0.537. The minimum Gasteiger partial charge on any atom is -0.481 e. The van der Waals surface area contributed by atoms with Gasteiger partial charge < -0.3 is 20.5 Å². The van der Waals surface area contributed by atoms with Crippen LogP contribution < -0.4 is 10.6 Å². The molecule has 2 aliphatic rings. The summed E-state index contributed by atoms with van der Waals surface area (Å²) >= 11 is 0. The van der Waals surface area contributed by atoms with E-state index in [0.29, 0.717) is 32.2 Å². The molecule has 2 aromatic rings. The number of hydrogen-bond acceptors (Lipinski definition) is 4. The predicted molar refractivity (Wildman–Crippen MR) is 124 cm³/mol. The average Bonchev–Trinajstić information content (AvgIpc) is 3.10. The zero-order valence-corrected chi connectivity index (χ0v) is 18.8. The lowest BCUT2D eigenvalue weighted by Gasteiger charge is -2.32. The second-order valence-electron chi connectivity index (χ2n) is 9.12. The summed E-state index contributed by atoms with van der Waals surface area (Å²) in [5.74, 6) is -1.07. The van der Waals surface area contributed by atoms with Gasteiger partial charge in [0.15, 0.2) is 0 Å². The Hall–Kier alpha value is -3.35. The number of amides is 2. The van der Waals surface area contributed by atoms with E-state index in [4.69, 9.17) is 9.84 Å². The van der Waals surface area contributed by atoms with Crippen LogP contribution in [-0.4, -0.2) is 42.3 Å². The summed E-state index contributed by atoms with van der Waals surface area (Å²) in [6.45, 7) is 2.67. The van der Waals surface area contributed by atoms with E-state index < -0.39 is 12.1 Å². The Balaban J connectivity index is 1.17. The van der Waals surface area contributed by atoms with Crippen LogP contribution in [0.1, 0.15) is 49.7 Å². The standard InChI is InChI=1S/C26H30N2O5/c1-16(10-11-24(29)28-18-12-17(13-18)25(30)31)14-27-26(32)33-15-23-21-8-4-2-6-19(21)20-7-3-5-9-22(20)23/h2-9,16-18,23H,10-15H2,1H3,(H,27,32)(H,28,29)(H,30,31). The highest BCUT2D eigenvalue weighted by Crippen LogP contribution is 2.44. The van der Waals surface area contributed by atoms with Gasteiger partial charge in [0.2, 0.25) is 5.91 Å². The minimum absolute atomic E-state index is 0.0245. The minimum atomic E-state index is -0.798. The highest BCUT2D eigenvalue weighted by Gasteiger charge is 2.35. The lowest BCUT2D eigenvalue weighted by Crippen LogP contribution is -2.46. The van der Waals surface area contributed by atoms with E-state index >= 15 is 0 Å². The fourth-order valence-electron chi connectivity index (χ4n) is 4.62. The first kappa shape index (κ1) is 22.8. The topological polar surface area (TPSA) is 105 Å². The van der Waals surface area contributed by atoms with Crippen LogP contribution >= 0.6 is 0 Å². The van der Waals surface area contributed by atoms with Gasteiger partial charge in [-0.2, -0.15) is 0 Å². The summed E-state index contributed by atoms with van der Waals surface area (Å²) < 4.78 is 5.54. The molecule has 7 nitrogen and oxygen atoms in total. The molecule has 1 unspecified atom stereocenters. The normalized spacial score (nSPS) is 19.5. The maximum Gasteiger partial charge on any atom is 0.407 e. The van der Waals surface area contributed by atoms with Gasteiger partial charge in [-0.3, -0.25) is 9.59 Å². The van der Waals surface area contributed by atoms with Crippen molar-refractivity contribution in [2.45, 2.75) is 44.6 Å². The van der Waals surface area contributed by atoms with Gasteiger partial charge in [0.05, 0.1) is 5.92 Å². The van der Waals surface area contributed by atoms with Crippen molar-refractivity contribution in [2.24, 2.45) is 11.8 Å². The van der Waals surface area contributed by atoms with Gasteiger partial charge in [-0.25, -0.2) is 4.79 Å². The van der Waals surface area contributed by atoms with Gasteiger partial charge >= 0.3 is 12.1 Å². The van der Waals surface area contributed by atoms with E-state index in [9.17, 15) is 14.4 Å². The average molecular weight is 451 g/mol. The Morgan fingerprint density at radius 2 is 1.64 bits per heavy atom. The smallest absolute Gasteiger partial charge is 0.407 e. The molecule has 33 heavy (non-hydrogen) atoms. The fourth-order valence-corrected chi connectivity index (χ4v) is 4.62. The molecule has 0 heterocycles. The molecule has 1 atom stereocenters. The van der Waals surface area contributed by atoms with Crippen LogP contribution in [0.25, 0.3) is 11.1 Å². The van der Waals surface area contributed by atoms with Crippen molar-refractivity contribution in [1.29, 1.82) is 0 Å². The molecular formula is C26H30N2O5. The Kier molecular flexibility index (Phi) is 6.96. The van der Waals surface area contributed by atoms with Gasteiger partial charge in [-0.1, -0.05) is 55.5 Å². The van der Waals surface area contributed by atoms with E-state index in [1.807, 2.05) is 31.2 Å². The Labute approximate surface area is 193 Å². The Morgan fingerprint density at radius 1 is 1.03 bits per heavy atom. The third-order valence-electron chi connectivity index (χ3n) is 6.66. The maximum atomic E-state index is 12.3. The zero-order chi connectivity index (χ0) is 23.4. The van der Waals surface area contributed by atoms with Crippen LogP contribution in [-0.2, 0) is 14.3 Å². The molecule has 174 valence electrons. The first-order valence-corrected chi connectivity index (χ1v) is 11.5. The van der Waals surface area contributed by atoms with Crippen LogP contribution in [0.4, 0.5) is 4.79 Å². The maximum absolute atomic E-state index is 12.3. The molecule has 1 saturated carbocycles. The summed E-state index contributed by atoms with van der Waals surface area (Å²) in [6, 6.07) is 16.4. The van der Waals surface area contributed by atoms with Crippen LogP contribution in [0.15, 0.2) is 48.5 Å². The molecule has 0 aromatic heterocycles. The molecule has 4 rings (SSSR count). The van der Waals surface area contributed by atoms with Crippen molar-refractivity contribution in [2.75, 3.05) is 13.2 Å². The SMILES string of the molecule is CC(CCC(=O)NC1CC(C(=O)O)C1)CNC(=O)OCC1c2ccccc2-c2ccccc21. The molecular weight excluding hydrogens is 420 g/mol. The van der Waals surface area contributed by atoms with E-state index in [1.54, 1.807) is 0 Å². The first-order chi connectivity index (χ1) is 15.9. The molecule has 2 aromatic carbocycles. The molecule has 1 fully saturated rings. The van der Waals surface area contributed by atoms with Crippen LogP contribution in [0.5, 0.6) is 0 Å². The van der Waals surface area contributed by atoms with Gasteiger partial charge in [0, 0.05) is 24.9 Å². The molecule has 7 heteroatoms. The van der Waals surface area contributed by atoms with Crippen molar-refractivity contribution in [3.63, 3.8) is 0 Å². The summed E-state index contributed by atoms with van der Waals surface area (Å²) in [5, 5.41) is 14.6. The molecule has 3 N–H and O–H groups in total. The van der Waals surface area contributed by atoms with Crippen LogP contribution in [0.2, 0.25) is 0 Å². The van der Waals surface area contributed by atoms with Crippen LogP contribution in [0, 0.1) is 11.8 Å². The second kappa shape index (κ2) is 10.1. The Bertz CT molecular complexity index is 985. The highest BCUT2D eigenvalue weighted by atomic mass is 16.5. The van der Waals surface area contributed by atoms with E-state index in [1.165, 1.54) is 22.3 Å². The third kappa shape index (κ3) is 5.35. The second-order valence-corrected chi connectivity index (χ2v) is 9.12. The highest BCUT2D eigenvalue weighted by molar-refractivity contribution is 5.79. The third-order valence-corrected chi connectivity index (χ3v) is 6.66. The Morgan fingerprint density at radius 3 is 2.24 bits per heavy atom. The predicted octanol–water partition coefficient (Wildman–Crippen LogP) is 3.92. The van der Waals surface area contributed by atoms with Crippen molar-refractivity contribution < 1.29 is 24.2 Å². The monoisotopic (exact) mass is 450 g/mol. The van der Waals surface area contributed by atoms with E-state index in [0.717, 1.165) is 0 Å². The number of hydrogen-bond donors (Lipinski definition) is 3. The summed E-state index contributed by atoms with van der Waals surface area (Å²) in [5.41, 5.74) is 4.72. The first-order valence-electron chi connectivity index (χ1n) is 11.5. The summed E-state index contributed by atoms with van der Waals surface area (Å²) in [4.78, 5) is 35.2. The lowest BCUT2D eigenvalue weighted by atomic mass is 9.80. The number of alkyl carbamates (subject to hydrolysis) is 1. The largest absolute Gasteiger partial charge is 0.481 e. The number of ether oxygens (including phenoxy) is 1. The number of nitrogens with one attached hydrogen (secondary N) is 2. The van der Waals surface area contributed by atoms with Gasteiger partial charge in [0.25, 0.3) is 0 Å². The molecule has 0 radical (unpaired) electrons. The van der Waals surface area contributed by atoms with Crippen molar-refractivity contribution in [3.05, 3.63) is 59.7 Å². The molecule has 2 aliphatic carbocycles. The number of aliphatic carboxylic acids is 1. The molecule has 0 spiro atoms. The lowest BCUT2D eigenvalue weighted by molar-refractivity contribution is -0.146. The molecule has 2 amide bonds. The summed E-state index contributed by atoms with van der Waals surface area (Å²) in [6.07, 6.45) is 1.52. The number of carbonyl (C=O) groups is 3. The number of benzene rings is 2. The number of rotatable bonds is 9. The van der Waals surface area contributed by atoms with Gasteiger partial charge in [0.1, 0.15) is 6.61 Å². The number of carboxylic acid groups (broad SMARTS) is 1. The van der Waals surface area contributed by atoms with Gasteiger partial charge in [-0.15, -0.1) is 0 Å². The van der Waals surface area contributed by atoms with Crippen LogP contribution in [0.3, 0.4) is 0 Å². The van der Waals surface area contributed by atoms with Crippen molar-refractivity contribution in [1.82, 2.24) is 10.6 Å². The molecule has 0 bridgehead atoms. The van der Waals surface area contributed by atoms with E-state index in [2.05, 4.69) is 34.9 Å². The molecule has 0 aliphatic heterocycles. The summed E-state index contributed by atoms with van der Waals surface area (Å²) in [7, 11) is 0. The van der Waals surface area contributed by atoms with Crippen molar-refractivity contribution in [3.8, 4) is 11.1 Å². The molecule has 0 saturated heterocycles. The van der Waals surface area contributed by atoms with Crippen molar-refractivity contribution >= 4 is 18.0 Å². The number of carbonyl (C=O) groups excluding carboxylic acids is 2. The van der Waals surface area contributed by atoms with Gasteiger partial charge in [-0.05, 0) is 47.4 Å².